The van der Waals surface area contributed by atoms with Gasteiger partial charge in [0.1, 0.15) is 5.69 Å². The zero-order valence-electron chi connectivity index (χ0n) is 11.6. The average Bonchev–Trinajstić information content (AvgIpc) is 2.54. The SMILES string of the molecule is COc1cc2nc(-c3ccccn3)[nH]c(=O)c2cc1OC. The summed E-state index contributed by atoms with van der Waals surface area (Å²) in [6.45, 7) is 0. The van der Waals surface area contributed by atoms with Crippen molar-refractivity contribution in [1.29, 1.82) is 0 Å². The molecule has 0 atom stereocenters. The maximum Gasteiger partial charge on any atom is 0.259 e. The summed E-state index contributed by atoms with van der Waals surface area (Å²) in [6.07, 6.45) is 1.65. The van der Waals surface area contributed by atoms with Crippen LogP contribution in [0.5, 0.6) is 11.5 Å². The van der Waals surface area contributed by atoms with E-state index in [2.05, 4.69) is 15.0 Å². The molecule has 0 spiro atoms. The van der Waals surface area contributed by atoms with Crippen molar-refractivity contribution in [3.05, 3.63) is 46.9 Å². The van der Waals surface area contributed by atoms with E-state index in [1.165, 1.54) is 14.2 Å². The van der Waals surface area contributed by atoms with Crippen LogP contribution in [0, 0.1) is 0 Å². The molecule has 2 aromatic heterocycles. The first kappa shape index (κ1) is 13.1. The summed E-state index contributed by atoms with van der Waals surface area (Å²) in [5.41, 5.74) is 0.880. The molecular weight excluding hydrogens is 270 g/mol. The second kappa shape index (κ2) is 5.24. The molecule has 0 aliphatic carbocycles. The highest BCUT2D eigenvalue weighted by Crippen LogP contribution is 2.30. The van der Waals surface area contributed by atoms with Gasteiger partial charge in [0, 0.05) is 12.3 Å². The first-order valence-corrected chi connectivity index (χ1v) is 6.30. The van der Waals surface area contributed by atoms with E-state index < -0.39 is 0 Å². The van der Waals surface area contributed by atoms with Crippen LogP contribution in [0.2, 0.25) is 0 Å². The lowest BCUT2D eigenvalue weighted by molar-refractivity contribution is 0.355. The Morgan fingerprint density at radius 2 is 1.86 bits per heavy atom. The van der Waals surface area contributed by atoms with Gasteiger partial charge in [0.15, 0.2) is 17.3 Å². The quantitative estimate of drug-likeness (QED) is 0.795. The van der Waals surface area contributed by atoms with Crippen LogP contribution in [0.15, 0.2) is 41.3 Å². The molecule has 0 bridgehead atoms. The van der Waals surface area contributed by atoms with Crippen LogP contribution >= 0.6 is 0 Å². The number of hydrogen-bond acceptors (Lipinski definition) is 5. The number of hydrogen-bond donors (Lipinski definition) is 1. The minimum atomic E-state index is -0.249. The molecule has 6 heteroatoms. The van der Waals surface area contributed by atoms with E-state index in [0.717, 1.165) is 0 Å². The lowest BCUT2D eigenvalue weighted by Crippen LogP contribution is -2.10. The molecule has 0 saturated carbocycles. The van der Waals surface area contributed by atoms with Gasteiger partial charge in [0.05, 0.1) is 25.1 Å². The van der Waals surface area contributed by atoms with E-state index >= 15 is 0 Å². The molecule has 2 heterocycles. The summed E-state index contributed by atoms with van der Waals surface area (Å²) in [5.74, 6) is 1.43. The Bertz CT molecular complexity index is 844. The summed E-state index contributed by atoms with van der Waals surface area (Å²) in [4.78, 5) is 23.6. The van der Waals surface area contributed by atoms with Crippen molar-refractivity contribution in [2.75, 3.05) is 14.2 Å². The van der Waals surface area contributed by atoms with Crippen LogP contribution < -0.4 is 15.0 Å². The average molecular weight is 283 g/mol. The van der Waals surface area contributed by atoms with Crippen molar-refractivity contribution < 1.29 is 9.47 Å². The molecule has 0 amide bonds. The number of aromatic nitrogens is 3. The Labute approximate surface area is 120 Å². The van der Waals surface area contributed by atoms with Gasteiger partial charge in [-0.1, -0.05) is 6.07 Å². The molecule has 3 rings (SSSR count). The van der Waals surface area contributed by atoms with Crippen molar-refractivity contribution in [3.63, 3.8) is 0 Å². The minimum Gasteiger partial charge on any atom is -0.493 e. The van der Waals surface area contributed by atoms with E-state index in [9.17, 15) is 4.79 Å². The van der Waals surface area contributed by atoms with Crippen molar-refractivity contribution >= 4 is 10.9 Å². The zero-order valence-corrected chi connectivity index (χ0v) is 11.6. The van der Waals surface area contributed by atoms with E-state index in [1.807, 2.05) is 6.07 Å². The fourth-order valence-corrected chi connectivity index (χ4v) is 2.09. The van der Waals surface area contributed by atoms with Gasteiger partial charge in [0.2, 0.25) is 0 Å². The van der Waals surface area contributed by atoms with Crippen LogP contribution in [0.1, 0.15) is 0 Å². The normalized spacial score (nSPS) is 10.6. The number of methoxy groups -OCH3 is 2. The van der Waals surface area contributed by atoms with Crippen molar-refractivity contribution in [2.45, 2.75) is 0 Å². The molecule has 6 nitrogen and oxygen atoms in total. The summed E-state index contributed by atoms with van der Waals surface area (Å²) < 4.78 is 10.4. The molecule has 21 heavy (non-hydrogen) atoms. The first-order chi connectivity index (χ1) is 10.2. The molecular formula is C15H13N3O3. The van der Waals surface area contributed by atoms with Gasteiger partial charge in [-0.25, -0.2) is 4.98 Å². The van der Waals surface area contributed by atoms with Crippen LogP contribution in [0.3, 0.4) is 0 Å². The maximum atomic E-state index is 12.2. The largest absolute Gasteiger partial charge is 0.493 e. The first-order valence-electron chi connectivity index (χ1n) is 6.30. The lowest BCUT2D eigenvalue weighted by Gasteiger charge is -2.09. The van der Waals surface area contributed by atoms with Gasteiger partial charge in [-0.05, 0) is 18.2 Å². The predicted molar refractivity (Wildman–Crippen MR) is 78.7 cm³/mol. The van der Waals surface area contributed by atoms with Crippen molar-refractivity contribution in [2.24, 2.45) is 0 Å². The molecule has 0 unspecified atom stereocenters. The molecule has 3 aromatic rings. The van der Waals surface area contributed by atoms with Crippen LogP contribution in [-0.4, -0.2) is 29.2 Å². The second-order valence-electron chi connectivity index (χ2n) is 4.35. The van der Waals surface area contributed by atoms with Gasteiger partial charge in [-0.2, -0.15) is 0 Å². The van der Waals surface area contributed by atoms with Crippen molar-refractivity contribution in [1.82, 2.24) is 15.0 Å². The fourth-order valence-electron chi connectivity index (χ4n) is 2.09. The Morgan fingerprint density at radius 3 is 2.52 bits per heavy atom. The summed E-state index contributed by atoms with van der Waals surface area (Å²) in [6, 6.07) is 8.71. The third-order valence-corrected chi connectivity index (χ3v) is 3.12. The highest BCUT2D eigenvalue weighted by atomic mass is 16.5. The number of ether oxygens (including phenoxy) is 2. The summed E-state index contributed by atoms with van der Waals surface area (Å²) >= 11 is 0. The number of nitrogens with zero attached hydrogens (tertiary/aromatic N) is 2. The Balaban J connectivity index is 2.27. The monoisotopic (exact) mass is 283 g/mol. The number of H-pyrrole nitrogens is 1. The van der Waals surface area contributed by atoms with Crippen LogP contribution in [0.4, 0.5) is 0 Å². The number of aromatic amines is 1. The highest BCUT2D eigenvalue weighted by Gasteiger charge is 2.11. The Morgan fingerprint density at radius 1 is 1.10 bits per heavy atom. The molecule has 1 aromatic carbocycles. The lowest BCUT2D eigenvalue weighted by atomic mass is 10.2. The number of pyridine rings is 1. The molecule has 1 N–H and O–H groups in total. The molecule has 106 valence electrons. The van der Waals surface area contributed by atoms with Gasteiger partial charge >= 0.3 is 0 Å². The van der Waals surface area contributed by atoms with E-state index in [4.69, 9.17) is 9.47 Å². The van der Waals surface area contributed by atoms with Crippen LogP contribution in [0.25, 0.3) is 22.4 Å². The van der Waals surface area contributed by atoms with Gasteiger partial charge in [-0.3, -0.25) is 9.78 Å². The third-order valence-electron chi connectivity index (χ3n) is 3.12. The van der Waals surface area contributed by atoms with E-state index in [-0.39, 0.29) is 5.56 Å². The third kappa shape index (κ3) is 2.31. The topological polar surface area (TPSA) is 77.1 Å². The standard InChI is InChI=1S/C15H13N3O3/c1-20-12-7-9-11(8-13(12)21-2)17-14(18-15(9)19)10-5-3-4-6-16-10/h3-8H,1-2H3,(H,17,18,19). The molecule has 0 radical (unpaired) electrons. The summed E-state index contributed by atoms with van der Waals surface area (Å²) in [7, 11) is 3.06. The highest BCUT2D eigenvalue weighted by molar-refractivity contribution is 5.83. The Hall–Kier alpha value is -2.89. The predicted octanol–water partition coefficient (Wildman–Crippen LogP) is 2.00. The number of nitrogens with one attached hydrogen (secondary N) is 1. The number of fused-ring (bicyclic) bond motifs is 1. The van der Waals surface area contributed by atoms with Gasteiger partial charge in [0.25, 0.3) is 5.56 Å². The van der Waals surface area contributed by atoms with Gasteiger partial charge < -0.3 is 14.5 Å². The summed E-state index contributed by atoms with van der Waals surface area (Å²) in [5, 5.41) is 0.437. The molecule has 0 fully saturated rings. The van der Waals surface area contributed by atoms with Crippen LogP contribution in [-0.2, 0) is 0 Å². The minimum absolute atomic E-state index is 0.249. The molecule has 0 saturated heterocycles. The zero-order chi connectivity index (χ0) is 14.8. The van der Waals surface area contributed by atoms with Crippen molar-refractivity contribution in [3.8, 4) is 23.0 Å². The van der Waals surface area contributed by atoms with E-state index in [1.54, 1.807) is 30.5 Å². The maximum absolute atomic E-state index is 12.2. The number of benzene rings is 1. The molecule has 0 aliphatic heterocycles. The van der Waals surface area contributed by atoms with Gasteiger partial charge in [-0.15, -0.1) is 0 Å². The number of rotatable bonds is 3. The second-order valence-corrected chi connectivity index (χ2v) is 4.35. The Kier molecular flexibility index (Phi) is 3.27. The fraction of sp³-hybridized carbons (Fsp3) is 0.133. The molecule has 0 aliphatic rings. The van der Waals surface area contributed by atoms with E-state index in [0.29, 0.717) is 33.9 Å². The smallest absolute Gasteiger partial charge is 0.259 e.